The standard InChI is InChI=1S/C14H14N4O4/c1-15-11-7-9(3-4-13(11)18(20)21)22-10-5-6-17-12(8-10)14(19)16-2/h3-8,15H,1-2H3,(H,16,19). The van der Waals surface area contributed by atoms with E-state index in [1.807, 2.05) is 0 Å². The molecule has 2 N–H and O–H groups in total. The van der Waals surface area contributed by atoms with E-state index in [4.69, 9.17) is 4.74 Å². The number of nitrogens with one attached hydrogen (secondary N) is 2. The van der Waals surface area contributed by atoms with E-state index < -0.39 is 4.92 Å². The Labute approximate surface area is 126 Å². The van der Waals surface area contributed by atoms with Crippen molar-refractivity contribution in [3.63, 3.8) is 0 Å². The first-order valence-corrected chi connectivity index (χ1v) is 6.37. The molecule has 0 saturated heterocycles. The van der Waals surface area contributed by atoms with Gasteiger partial charge in [0.15, 0.2) is 0 Å². The average Bonchev–Trinajstić information content (AvgIpc) is 2.54. The monoisotopic (exact) mass is 302 g/mol. The number of ether oxygens (including phenoxy) is 1. The summed E-state index contributed by atoms with van der Waals surface area (Å²) in [7, 11) is 3.09. The van der Waals surface area contributed by atoms with Gasteiger partial charge in [-0.25, -0.2) is 0 Å². The molecule has 0 aliphatic heterocycles. The number of carbonyl (C=O) groups is 1. The number of anilines is 1. The molecular weight excluding hydrogens is 288 g/mol. The fourth-order valence-corrected chi connectivity index (χ4v) is 1.80. The Morgan fingerprint density at radius 1 is 1.23 bits per heavy atom. The molecule has 0 bridgehead atoms. The van der Waals surface area contributed by atoms with Gasteiger partial charge in [0.25, 0.3) is 11.6 Å². The smallest absolute Gasteiger partial charge is 0.292 e. The highest BCUT2D eigenvalue weighted by molar-refractivity contribution is 5.92. The van der Waals surface area contributed by atoms with Crippen molar-refractivity contribution >= 4 is 17.3 Å². The van der Waals surface area contributed by atoms with Crippen LogP contribution in [0.2, 0.25) is 0 Å². The first-order chi connectivity index (χ1) is 10.5. The number of hydrogen-bond acceptors (Lipinski definition) is 6. The number of aromatic nitrogens is 1. The van der Waals surface area contributed by atoms with Crippen LogP contribution in [0.4, 0.5) is 11.4 Å². The largest absolute Gasteiger partial charge is 0.457 e. The van der Waals surface area contributed by atoms with Gasteiger partial charge in [0.1, 0.15) is 22.9 Å². The van der Waals surface area contributed by atoms with E-state index in [2.05, 4.69) is 15.6 Å². The van der Waals surface area contributed by atoms with Gasteiger partial charge in [-0.1, -0.05) is 0 Å². The molecule has 1 aromatic heterocycles. The predicted molar refractivity (Wildman–Crippen MR) is 80.3 cm³/mol. The summed E-state index contributed by atoms with van der Waals surface area (Å²) in [6, 6.07) is 7.42. The summed E-state index contributed by atoms with van der Waals surface area (Å²) in [4.78, 5) is 25.8. The van der Waals surface area contributed by atoms with Crippen LogP contribution in [0.5, 0.6) is 11.5 Å². The second-order valence-corrected chi connectivity index (χ2v) is 4.24. The zero-order valence-electron chi connectivity index (χ0n) is 12.0. The summed E-state index contributed by atoms with van der Waals surface area (Å²) in [5.41, 5.74) is 0.509. The number of nitro groups is 1. The summed E-state index contributed by atoms with van der Waals surface area (Å²) in [5, 5.41) is 16.1. The molecule has 0 spiro atoms. The van der Waals surface area contributed by atoms with Gasteiger partial charge in [0, 0.05) is 38.5 Å². The first kappa shape index (κ1) is 15.2. The van der Waals surface area contributed by atoms with E-state index in [0.29, 0.717) is 17.2 Å². The molecule has 0 aliphatic rings. The highest BCUT2D eigenvalue weighted by atomic mass is 16.6. The van der Waals surface area contributed by atoms with E-state index in [1.165, 1.54) is 37.5 Å². The van der Waals surface area contributed by atoms with Crippen LogP contribution < -0.4 is 15.4 Å². The SMILES string of the molecule is CNC(=O)c1cc(Oc2ccc([N+](=O)[O-])c(NC)c2)ccn1. The van der Waals surface area contributed by atoms with Crippen LogP contribution in [-0.4, -0.2) is 29.9 Å². The molecular formula is C14H14N4O4. The van der Waals surface area contributed by atoms with Gasteiger partial charge in [0.05, 0.1) is 4.92 Å². The maximum atomic E-state index is 11.5. The van der Waals surface area contributed by atoms with Crippen LogP contribution in [0.25, 0.3) is 0 Å². The van der Waals surface area contributed by atoms with Crippen molar-refractivity contribution < 1.29 is 14.5 Å². The second-order valence-electron chi connectivity index (χ2n) is 4.24. The van der Waals surface area contributed by atoms with Gasteiger partial charge in [-0.3, -0.25) is 19.9 Å². The Balaban J connectivity index is 2.27. The molecule has 0 aliphatic carbocycles. The Bertz CT molecular complexity index is 718. The molecule has 0 atom stereocenters. The molecule has 0 fully saturated rings. The third-order valence-corrected chi connectivity index (χ3v) is 2.86. The molecule has 114 valence electrons. The highest BCUT2D eigenvalue weighted by Crippen LogP contribution is 2.31. The minimum absolute atomic E-state index is 0.0457. The zero-order chi connectivity index (χ0) is 16.1. The summed E-state index contributed by atoms with van der Waals surface area (Å²) in [5.74, 6) is 0.485. The second kappa shape index (κ2) is 6.53. The van der Waals surface area contributed by atoms with Crippen molar-refractivity contribution in [1.29, 1.82) is 0 Å². The van der Waals surface area contributed by atoms with Crippen molar-refractivity contribution in [2.24, 2.45) is 0 Å². The van der Waals surface area contributed by atoms with Gasteiger partial charge in [-0.05, 0) is 12.1 Å². The van der Waals surface area contributed by atoms with Crippen molar-refractivity contribution in [3.8, 4) is 11.5 Å². The van der Waals surface area contributed by atoms with Gasteiger partial charge < -0.3 is 15.4 Å². The first-order valence-electron chi connectivity index (χ1n) is 6.37. The number of nitrogens with zero attached hydrogens (tertiary/aromatic N) is 2. The normalized spacial score (nSPS) is 9.91. The highest BCUT2D eigenvalue weighted by Gasteiger charge is 2.14. The number of nitro benzene ring substituents is 1. The number of amides is 1. The summed E-state index contributed by atoms with van der Waals surface area (Å²) in [6.07, 6.45) is 1.45. The maximum Gasteiger partial charge on any atom is 0.292 e. The lowest BCUT2D eigenvalue weighted by molar-refractivity contribution is -0.384. The number of rotatable bonds is 5. The number of benzene rings is 1. The molecule has 2 aromatic rings. The van der Waals surface area contributed by atoms with E-state index in [0.717, 1.165) is 0 Å². The topological polar surface area (TPSA) is 106 Å². The van der Waals surface area contributed by atoms with E-state index >= 15 is 0 Å². The van der Waals surface area contributed by atoms with E-state index in [1.54, 1.807) is 13.1 Å². The molecule has 22 heavy (non-hydrogen) atoms. The van der Waals surface area contributed by atoms with Crippen molar-refractivity contribution in [1.82, 2.24) is 10.3 Å². The molecule has 1 aromatic carbocycles. The summed E-state index contributed by atoms with van der Waals surface area (Å²) >= 11 is 0. The van der Waals surface area contributed by atoms with Gasteiger partial charge in [0.2, 0.25) is 0 Å². The van der Waals surface area contributed by atoms with Crippen molar-refractivity contribution in [2.75, 3.05) is 19.4 Å². The maximum absolute atomic E-state index is 11.5. The van der Waals surface area contributed by atoms with Gasteiger partial charge in [-0.15, -0.1) is 0 Å². The fraction of sp³-hybridized carbons (Fsp3) is 0.143. The lowest BCUT2D eigenvalue weighted by atomic mass is 10.2. The van der Waals surface area contributed by atoms with Crippen LogP contribution in [-0.2, 0) is 0 Å². The van der Waals surface area contributed by atoms with Gasteiger partial charge in [-0.2, -0.15) is 0 Å². The van der Waals surface area contributed by atoms with Crippen LogP contribution in [0.15, 0.2) is 36.5 Å². The number of hydrogen-bond donors (Lipinski definition) is 2. The molecule has 1 heterocycles. The molecule has 1 amide bonds. The van der Waals surface area contributed by atoms with E-state index in [-0.39, 0.29) is 17.3 Å². The number of carbonyl (C=O) groups excluding carboxylic acids is 1. The Morgan fingerprint density at radius 3 is 2.59 bits per heavy atom. The third kappa shape index (κ3) is 3.29. The van der Waals surface area contributed by atoms with Gasteiger partial charge >= 0.3 is 0 Å². The zero-order valence-corrected chi connectivity index (χ0v) is 12.0. The average molecular weight is 302 g/mol. The van der Waals surface area contributed by atoms with E-state index in [9.17, 15) is 14.9 Å². The van der Waals surface area contributed by atoms with Crippen molar-refractivity contribution in [3.05, 3.63) is 52.3 Å². The molecule has 8 heteroatoms. The molecule has 2 rings (SSSR count). The van der Waals surface area contributed by atoms with Crippen LogP contribution in [0.1, 0.15) is 10.5 Å². The third-order valence-electron chi connectivity index (χ3n) is 2.86. The lowest BCUT2D eigenvalue weighted by Gasteiger charge is -2.09. The molecule has 0 unspecified atom stereocenters. The van der Waals surface area contributed by atoms with Crippen LogP contribution in [0.3, 0.4) is 0 Å². The number of pyridine rings is 1. The fourth-order valence-electron chi connectivity index (χ4n) is 1.80. The molecule has 0 saturated carbocycles. The van der Waals surface area contributed by atoms with Crippen LogP contribution >= 0.6 is 0 Å². The summed E-state index contributed by atoms with van der Waals surface area (Å²) in [6.45, 7) is 0. The summed E-state index contributed by atoms with van der Waals surface area (Å²) < 4.78 is 5.61. The Kier molecular flexibility index (Phi) is 4.52. The van der Waals surface area contributed by atoms with Crippen molar-refractivity contribution in [2.45, 2.75) is 0 Å². The minimum atomic E-state index is -0.480. The minimum Gasteiger partial charge on any atom is -0.457 e. The Morgan fingerprint density at radius 2 is 1.95 bits per heavy atom. The molecule has 0 radical (unpaired) electrons. The quantitative estimate of drug-likeness (QED) is 0.647. The van der Waals surface area contributed by atoms with Crippen LogP contribution in [0, 0.1) is 10.1 Å². The lowest BCUT2D eigenvalue weighted by Crippen LogP contribution is -2.18. The molecule has 8 nitrogen and oxygen atoms in total. The predicted octanol–water partition coefficient (Wildman–Crippen LogP) is 2.18. The Hall–Kier alpha value is -3.16.